The van der Waals surface area contributed by atoms with E-state index in [9.17, 15) is 4.79 Å². The Labute approximate surface area is 105 Å². The van der Waals surface area contributed by atoms with Crippen LogP contribution >= 0.6 is 0 Å². The normalized spacial score (nSPS) is 12.7. The van der Waals surface area contributed by atoms with Crippen LogP contribution in [0.1, 0.15) is 28.6 Å². The largest absolute Gasteiger partial charge is 0.460 e. The predicted molar refractivity (Wildman–Crippen MR) is 65.3 cm³/mol. The molecule has 1 aliphatic rings. The molecule has 0 saturated heterocycles. The minimum absolute atomic E-state index is 0.251. The van der Waals surface area contributed by atoms with E-state index in [0.29, 0.717) is 6.61 Å². The number of aromatic nitrogens is 1. The Morgan fingerprint density at radius 2 is 2.22 bits per heavy atom. The Bertz CT molecular complexity index is 601. The zero-order chi connectivity index (χ0) is 12.5. The summed E-state index contributed by atoms with van der Waals surface area (Å²) in [5, 5.41) is 4.03. The number of fused-ring (bicyclic) bond motifs is 3. The number of carbonyl (C=O) groups is 1. The van der Waals surface area contributed by atoms with Gasteiger partial charge < -0.3 is 9.26 Å². The summed E-state index contributed by atoms with van der Waals surface area (Å²) < 4.78 is 10.1. The van der Waals surface area contributed by atoms with E-state index in [-0.39, 0.29) is 5.76 Å². The fourth-order valence-corrected chi connectivity index (χ4v) is 2.34. The lowest BCUT2D eigenvalue weighted by Crippen LogP contribution is -2.09. The first-order valence-electron chi connectivity index (χ1n) is 6.05. The van der Waals surface area contributed by atoms with Crippen LogP contribution in [0.15, 0.2) is 28.8 Å². The van der Waals surface area contributed by atoms with Crippen LogP contribution < -0.4 is 0 Å². The zero-order valence-corrected chi connectivity index (χ0v) is 10.1. The van der Waals surface area contributed by atoms with Gasteiger partial charge >= 0.3 is 5.97 Å². The van der Waals surface area contributed by atoms with Crippen molar-refractivity contribution in [2.45, 2.75) is 19.8 Å². The second-order valence-electron chi connectivity index (χ2n) is 4.22. The van der Waals surface area contributed by atoms with Crippen LogP contribution in [0, 0.1) is 0 Å². The fourth-order valence-electron chi connectivity index (χ4n) is 2.34. The summed E-state index contributed by atoms with van der Waals surface area (Å²) in [6, 6.07) is 8.06. The number of carbonyl (C=O) groups excluding carboxylic acids is 1. The standard InChI is InChI=1S/C14H13NO3/c1-2-17-14(16)13-11-8-7-9-5-3-4-6-10(9)12(11)15-18-13/h3-6H,2,7-8H2,1H3. The Hall–Kier alpha value is -2.10. The van der Waals surface area contributed by atoms with Crippen molar-refractivity contribution in [2.24, 2.45) is 0 Å². The Morgan fingerprint density at radius 1 is 1.39 bits per heavy atom. The van der Waals surface area contributed by atoms with Crippen LogP contribution in [0.5, 0.6) is 0 Å². The quantitative estimate of drug-likeness (QED) is 0.761. The molecule has 1 aromatic carbocycles. The molecular formula is C14H13NO3. The van der Waals surface area contributed by atoms with E-state index < -0.39 is 5.97 Å². The molecule has 0 unspecified atom stereocenters. The van der Waals surface area contributed by atoms with Crippen molar-refractivity contribution in [3.63, 3.8) is 0 Å². The van der Waals surface area contributed by atoms with Crippen molar-refractivity contribution in [3.05, 3.63) is 41.2 Å². The molecule has 0 N–H and O–H groups in total. The summed E-state index contributed by atoms with van der Waals surface area (Å²) in [5.74, 6) is -0.174. The molecule has 0 amide bonds. The maximum absolute atomic E-state index is 11.7. The lowest BCUT2D eigenvalue weighted by atomic mass is 9.89. The number of rotatable bonds is 2. The number of ether oxygens (including phenoxy) is 1. The molecule has 92 valence electrons. The van der Waals surface area contributed by atoms with Crippen molar-refractivity contribution < 1.29 is 14.1 Å². The van der Waals surface area contributed by atoms with Gasteiger partial charge in [0.2, 0.25) is 5.76 Å². The number of nitrogens with zero attached hydrogens (tertiary/aromatic N) is 1. The molecular weight excluding hydrogens is 230 g/mol. The van der Waals surface area contributed by atoms with Crippen LogP contribution in [0.4, 0.5) is 0 Å². The Balaban J connectivity index is 2.07. The second-order valence-corrected chi connectivity index (χ2v) is 4.22. The molecule has 4 nitrogen and oxygen atoms in total. The highest BCUT2D eigenvalue weighted by Crippen LogP contribution is 2.34. The predicted octanol–water partition coefficient (Wildman–Crippen LogP) is 2.62. The average Bonchev–Trinajstić information content (AvgIpc) is 2.83. The molecule has 0 fully saturated rings. The molecule has 2 aromatic rings. The molecule has 4 heteroatoms. The average molecular weight is 243 g/mol. The summed E-state index contributed by atoms with van der Waals surface area (Å²) in [6.45, 7) is 2.11. The summed E-state index contributed by atoms with van der Waals surface area (Å²) in [4.78, 5) is 11.7. The molecule has 0 radical (unpaired) electrons. The summed E-state index contributed by atoms with van der Waals surface area (Å²) in [5.41, 5.74) is 3.94. The van der Waals surface area contributed by atoms with Crippen molar-refractivity contribution in [1.82, 2.24) is 5.16 Å². The van der Waals surface area contributed by atoms with Crippen molar-refractivity contribution >= 4 is 5.97 Å². The molecule has 1 aliphatic carbocycles. The molecule has 0 aliphatic heterocycles. The van der Waals surface area contributed by atoms with E-state index in [1.165, 1.54) is 5.56 Å². The molecule has 1 heterocycles. The van der Waals surface area contributed by atoms with Crippen LogP contribution in [0.3, 0.4) is 0 Å². The molecule has 0 atom stereocenters. The summed E-state index contributed by atoms with van der Waals surface area (Å²) in [6.07, 6.45) is 1.67. The van der Waals surface area contributed by atoms with Gasteiger partial charge in [0.15, 0.2) is 0 Å². The Kier molecular flexibility index (Phi) is 2.63. The fraction of sp³-hybridized carbons (Fsp3) is 0.286. The Morgan fingerprint density at radius 3 is 3.06 bits per heavy atom. The maximum Gasteiger partial charge on any atom is 0.377 e. The third-order valence-corrected chi connectivity index (χ3v) is 3.17. The van der Waals surface area contributed by atoms with Gasteiger partial charge in [0.1, 0.15) is 5.69 Å². The third-order valence-electron chi connectivity index (χ3n) is 3.17. The van der Waals surface area contributed by atoms with E-state index in [2.05, 4.69) is 11.2 Å². The summed E-state index contributed by atoms with van der Waals surface area (Å²) in [7, 11) is 0. The number of aryl methyl sites for hydroxylation is 1. The van der Waals surface area contributed by atoms with E-state index in [0.717, 1.165) is 29.7 Å². The highest BCUT2D eigenvalue weighted by Gasteiger charge is 2.27. The summed E-state index contributed by atoms with van der Waals surface area (Å²) >= 11 is 0. The van der Waals surface area contributed by atoms with E-state index in [4.69, 9.17) is 9.26 Å². The van der Waals surface area contributed by atoms with E-state index in [1.54, 1.807) is 6.92 Å². The first-order valence-corrected chi connectivity index (χ1v) is 6.05. The highest BCUT2D eigenvalue weighted by atomic mass is 16.6. The molecule has 0 spiro atoms. The van der Waals surface area contributed by atoms with Crippen LogP contribution in [-0.4, -0.2) is 17.7 Å². The maximum atomic E-state index is 11.7. The van der Waals surface area contributed by atoms with Gasteiger partial charge in [-0.2, -0.15) is 0 Å². The van der Waals surface area contributed by atoms with Gasteiger partial charge in [-0.05, 0) is 25.3 Å². The van der Waals surface area contributed by atoms with E-state index in [1.807, 2.05) is 18.2 Å². The third kappa shape index (κ3) is 1.61. The van der Waals surface area contributed by atoms with Gasteiger partial charge in [-0.3, -0.25) is 0 Å². The van der Waals surface area contributed by atoms with Gasteiger partial charge in [-0.25, -0.2) is 4.79 Å². The van der Waals surface area contributed by atoms with Crippen molar-refractivity contribution in [2.75, 3.05) is 6.61 Å². The van der Waals surface area contributed by atoms with Gasteiger partial charge in [0.25, 0.3) is 0 Å². The highest BCUT2D eigenvalue weighted by molar-refractivity contribution is 5.90. The van der Waals surface area contributed by atoms with Gasteiger partial charge in [-0.1, -0.05) is 29.4 Å². The van der Waals surface area contributed by atoms with Gasteiger partial charge in [-0.15, -0.1) is 0 Å². The SMILES string of the molecule is CCOC(=O)c1onc2c1CCc1ccccc1-2. The molecule has 18 heavy (non-hydrogen) atoms. The topological polar surface area (TPSA) is 52.3 Å². The second kappa shape index (κ2) is 4.29. The van der Waals surface area contributed by atoms with Crippen LogP contribution in [0.25, 0.3) is 11.3 Å². The molecule has 3 rings (SSSR count). The van der Waals surface area contributed by atoms with Crippen molar-refractivity contribution in [3.8, 4) is 11.3 Å². The smallest absolute Gasteiger partial charge is 0.377 e. The number of hydrogen-bond acceptors (Lipinski definition) is 4. The molecule has 0 bridgehead atoms. The van der Waals surface area contributed by atoms with Crippen molar-refractivity contribution in [1.29, 1.82) is 0 Å². The van der Waals surface area contributed by atoms with Gasteiger partial charge in [0.05, 0.1) is 6.61 Å². The monoisotopic (exact) mass is 243 g/mol. The first kappa shape index (κ1) is 11.0. The minimum atomic E-state index is -0.425. The van der Waals surface area contributed by atoms with Crippen LogP contribution in [0.2, 0.25) is 0 Å². The first-order chi connectivity index (χ1) is 8.81. The zero-order valence-electron chi connectivity index (χ0n) is 10.1. The molecule has 0 saturated carbocycles. The van der Waals surface area contributed by atoms with Crippen LogP contribution in [-0.2, 0) is 17.6 Å². The van der Waals surface area contributed by atoms with E-state index >= 15 is 0 Å². The molecule has 1 aromatic heterocycles. The lowest BCUT2D eigenvalue weighted by Gasteiger charge is -2.14. The number of benzene rings is 1. The minimum Gasteiger partial charge on any atom is -0.460 e. The van der Waals surface area contributed by atoms with Gasteiger partial charge in [0, 0.05) is 11.1 Å². The number of esters is 1. The number of hydrogen-bond donors (Lipinski definition) is 0. The lowest BCUT2D eigenvalue weighted by molar-refractivity contribution is 0.0478.